The summed E-state index contributed by atoms with van der Waals surface area (Å²) in [7, 11) is 0. The largest absolute Gasteiger partial charge is 0.444 e. The number of para-hydroxylation sites is 1. The number of carbonyl (C=O) groups excluding carboxylic acids is 1. The molecular weight excluding hydrogens is 505 g/mol. The molecule has 8 heteroatoms. The molecule has 0 radical (unpaired) electrons. The van der Waals surface area contributed by atoms with Crippen LogP contribution in [0.3, 0.4) is 0 Å². The number of guanidine groups is 1. The molecule has 1 amide bonds. The normalized spacial score (nSPS) is 17.0. The van der Waals surface area contributed by atoms with Crippen LogP contribution < -0.4 is 20.9 Å². The third kappa shape index (κ3) is 10.4. The first-order chi connectivity index (χ1) is 14.1. The van der Waals surface area contributed by atoms with Crippen molar-refractivity contribution in [1.82, 2.24) is 16.0 Å². The zero-order chi connectivity index (χ0) is 22.2. The van der Waals surface area contributed by atoms with E-state index >= 15 is 0 Å². The van der Waals surface area contributed by atoms with Gasteiger partial charge in [-0.2, -0.15) is 0 Å². The van der Waals surface area contributed by atoms with Gasteiger partial charge in [-0.1, -0.05) is 18.2 Å². The summed E-state index contributed by atoms with van der Waals surface area (Å²) in [6, 6.07) is 10.6. The highest BCUT2D eigenvalue weighted by atomic mass is 127. The van der Waals surface area contributed by atoms with Gasteiger partial charge >= 0.3 is 6.09 Å². The van der Waals surface area contributed by atoms with Crippen LogP contribution in [0.15, 0.2) is 35.3 Å². The molecule has 31 heavy (non-hydrogen) atoms. The van der Waals surface area contributed by atoms with Gasteiger partial charge in [0, 0.05) is 31.9 Å². The fourth-order valence-electron chi connectivity index (χ4n) is 3.35. The number of halogens is 1. The van der Waals surface area contributed by atoms with Crippen molar-refractivity contribution in [2.45, 2.75) is 59.1 Å². The van der Waals surface area contributed by atoms with E-state index in [4.69, 9.17) is 4.74 Å². The Labute approximate surface area is 204 Å². The molecule has 1 fully saturated rings. The minimum atomic E-state index is -0.519. The van der Waals surface area contributed by atoms with Gasteiger partial charge < -0.3 is 25.6 Å². The van der Waals surface area contributed by atoms with E-state index in [9.17, 15) is 4.79 Å². The Bertz CT molecular complexity index is 704. The number of hydrogen-bond acceptors (Lipinski definition) is 4. The topological polar surface area (TPSA) is 78.0 Å². The second kappa shape index (κ2) is 12.4. The van der Waals surface area contributed by atoms with Crippen LogP contribution in [0.4, 0.5) is 10.5 Å². The van der Waals surface area contributed by atoms with Crippen molar-refractivity contribution in [3.8, 4) is 0 Å². The predicted molar refractivity (Wildman–Crippen MR) is 140 cm³/mol. The second-order valence-corrected chi connectivity index (χ2v) is 9.52. The number of amides is 1. The number of rotatable bonds is 7. The lowest BCUT2D eigenvalue weighted by Gasteiger charge is -2.27. The van der Waals surface area contributed by atoms with Crippen molar-refractivity contribution < 1.29 is 9.53 Å². The average Bonchev–Trinajstić information content (AvgIpc) is 3.12. The van der Waals surface area contributed by atoms with Gasteiger partial charge in [0.2, 0.25) is 0 Å². The molecule has 1 unspecified atom stereocenters. The Morgan fingerprint density at radius 2 is 1.84 bits per heavy atom. The van der Waals surface area contributed by atoms with Crippen LogP contribution in [0.1, 0.15) is 48.0 Å². The van der Waals surface area contributed by atoms with E-state index in [1.807, 2.05) is 41.5 Å². The maximum Gasteiger partial charge on any atom is 0.408 e. The lowest BCUT2D eigenvalue weighted by Crippen LogP contribution is -2.49. The van der Waals surface area contributed by atoms with E-state index in [0.29, 0.717) is 12.5 Å². The first-order valence-corrected chi connectivity index (χ1v) is 10.9. The molecule has 0 aliphatic carbocycles. The molecule has 0 aromatic heterocycles. The molecule has 7 nitrogen and oxygen atoms in total. The minimum Gasteiger partial charge on any atom is -0.444 e. The van der Waals surface area contributed by atoms with E-state index in [1.165, 1.54) is 5.69 Å². The number of carbonyl (C=O) groups is 1. The number of hydrogen-bond donors (Lipinski definition) is 3. The molecule has 1 aromatic carbocycles. The zero-order valence-corrected chi connectivity index (χ0v) is 22.2. The maximum atomic E-state index is 12.1. The van der Waals surface area contributed by atoms with Crippen LogP contribution >= 0.6 is 24.0 Å². The minimum absolute atomic E-state index is 0. The van der Waals surface area contributed by atoms with Gasteiger partial charge in [-0.25, -0.2) is 4.79 Å². The molecule has 1 aliphatic heterocycles. The van der Waals surface area contributed by atoms with Gasteiger partial charge in [0.05, 0.1) is 12.1 Å². The Morgan fingerprint density at radius 3 is 2.45 bits per heavy atom. The van der Waals surface area contributed by atoms with Crippen LogP contribution in [-0.4, -0.2) is 55.9 Å². The fourth-order valence-corrected chi connectivity index (χ4v) is 3.35. The summed E-state index contributed by atoms with van der Waals surface area (Å²) in [5.41, 5.74) is 0.257. The second-order valence-electron chi connectivity index (χ2n) is 9.52. The molecule has 3 N–H and O–H groups in total. The summed E-state index contributed by atoms with van der Waals surface area (Å²) in [6.45, 7) is 15.7. The quantitative estimate of drug-likeness (QED) is 0.275. The van der Waals surface area contributed by atoms with E-state index in [0.717, 1.165) is 38.6 Å². The van der Waals surface area contributed by atoms with Gasteiger partial charge in [-0.05, 0) is 66.0 Å². The Kier molecular flexibility index (Phi) is 10.9. The lowest BCUT2D eigenvalue weighted by molar-refractivity contribution is 0.0476. The summed E-state index contributed by atoms with van der Waals surface area (Å²) in [4.78, 5) is 19.2. The molecule has 1 saturated heterocycles. The van der Waals surface area contributed by atoms with Crippen molar-refractivity contribution >= 4 is 41.7 Å². The molecule has 0 saturated carbocycles. The predicted octanol–water partition coefficient (Wildman–Crippen LogP) is 3.99. The van der Waals surface area contributed by atoms with Gasteiger partial charge in [-0.15, -0.1) is 24.0 Å². The zero-order valence-electron chi connectivity index (χ0n) is 19.8. The summed E-state index contributed by atoms with van der Waals surface area (Å²) < 4.78 is 5.35. The molecule has 1 aromatic rings. The molecule has 1 atom stereocenters. The SMILES string of the molecule is CCNC(=NCC(C)(C)NC(=O)OC(C)(C)C)NCC1CCN(c2ccccc2)C1.I. The van der Waals surface area contributed by atoms with E-state index in [1.54, 1.807) is 0 Å². The van der Waals surface area contributed by atoms with E-state index in [2.05, 4.69) is 56.2 Å². The van der Waals surface area contributed by atoms with Crippen molar-refractivity contribution in [2.24, 2.45) is 10.9 Å². The number of nitrogens with one attached hydrogen (secondary N) is 3. The lowest BCUT2D eigenvalue weighted by atomic mass is 10.1. The molecule has 176 valence electrons. The van der Waals surface area contributed by atoms with Crippen molar-refractivity contribution in [2.75, 3.05) is 37.6 Å². The van der Waals surface area contributed by atoms with Crippen molar-refractivity contribution in [1.29, 1.82) is 0 Å². The van der Waals surface area contributed by atoms with E-state index in [-0.39, 0.29) is 24.0 Å². The number of benzene rings is 1. The highest BCUT2D eigenvalue weighted by molar-refractivity contribution is 14.0. The molecule has 2 rings (SSSR count). The number of anilines is 1. The van der Waals surface area contributed by atoms with E-state index < -0.39 is 17.2 Å². The van der Waals surface area contributed by atoms with Crippen LogP contribution in [0, 0.1) is 5.92 Å². The Morgan fingerprint density at radius 1 is 1.16 bits per heavy atom. The maximum absolute atomic E-state index is 12.1. The Balaban J connectivity index is 0.00000480. The highest BCUT2D eigenvalue weighted by Crippen LogP contribution is 2.22. The number of ether oxygens (including phenoxy) is 1. The summed E-state index contributed by atoms with van der Waals surface area (Å²) in [5, 5.41) is 9.66. The van der Waals surface area contributed by atoms with Crippen molar-refractivity contribution in [3.63, 3.8) is 0 Å². The summed E-state index contributed by atoms with van der Waals surface area (Å²) in [5.74, 6) is 1.34. The van der Waals surface area contributed by atoms with Crippen LogP contribution in [0.5, 0.6) is 0 Å². The van der Waals surface area contributed by atoms with Crippen LogP contribution in [-0.2, 0) is 4.74 Å². The number of aliphatic imine (C=N–C) groups is 1. The van der Waals surface area contributed by atoms with Gasteiger partial charge in [-0.3, -0.25) is 4.99 Å². The van der Waals surface area contributed by atoms with Crippen molar-refractivity contribution in [3.05, 3.63) is 30.3 Å². The summed E-state index contributed by atoms with van der Waals surface area (Å²) in [6.07, 6.45) is 0.736. The van der Waals surface area contributed by atoms with Crippen LogP contribution in [0.25, 0.3) is 0 Å². The fraction of sp³-hybridized carbons (Fsp3) is 0.652. The molecule has 1 aliphatic rings. The standard InChI is InChI=1S/C23H39N5O2.HI/c1-7-24-20(26-17-23(5,6)27-21(29)30-22(2,3)4)25-15-18-13-14-28(16-18)19-11-9-8-10-12-19;/h8-12,18H,7,13-17H2,1-6H3,(H,27,29)(H2,24,25,26);1H. The molecule has 1 heterocycles. The number of alkyl carbamates (subject to hydrolysis) is 1. The first-order valence-electron chi connectivity index (χ1n) is 10.9. The monoisotopic (exact) mass is 545 g/mol. The third-order valence-corrected chi connectivity index (χ3v) is 4.78. The number of nitrogens with zero attached hydrogens (tertiary/aromatic N) is 2. The molecule has 0 spiro atoms. The smallest absolute Gasteiger partial charge is 0.408 e. The van der Waals surface area contributed by atoms with Gasteiger partial charge in [0.1, 0.15) is 5.60 Å². The Hall–Kier alpha value is -1.71. The van der Waals surface area contributed by atoms with Gasteiger partial charge in [0.25, 0.3) is 0 Å². The first kappa shape index (κ1) is 27.3. The third-order valence-electron chi connectivity index (χ3n) is 4.78. The van der Waals surface area contributed by atoms with Crippen LogP contribution in [0.2, 0.25) is 0 Å². The summed E-state index contributed by atoms with van der Waals surface area (Å²) >= 11 is 0. The highest BCUT2D eigenvalue weighted by Gasteiger charge is 2.25. The molecular formula is C23H40IN5O2. The average molecular weight is 546 g/mol. The van der Waals surface area contributed by atoms with Gasteiger partial charge in [0.15, 0.2) is 5.96 Å². The molecule has 0 bridgehead atoms.